The second-order valence-corrected chi connectivity index (χ2v) is 8.90. The minimum absolute atomic E-state index is 0.0999. The molecule has 1 heterocycles. The topological polar surface area (TPSA) is 85.7 Å². The quantitative estimate of drug-likeness (QED) is 0.504. The van der Waals surface area contributed by atoms with Gasteiger partial charge in [0.15, 0.2) is 5.78 Å². The Morgan fingerprint density at radius 2 is 1.72 bits per heavy atom. The smallest absolute Gasteiger partial charge is 0.354 e. The molecule has 2 rings (SSSR count). The third-order valence-corrected chi connectivity index (χ3v) is 6.92. The SMILES string of the molecule is COC(=O)c1c(C)c(C(=O)CN(C(C)C)S(=O)(=O)c2ccc(F)cc2)c(C)n1C. The minimum Gasteiger partial charge on any atom is -0.464 e. The number of sulfonamides is 1. The minimum atomic E-state index is -4.02. The number of methoxy groups -OCH3 is 1. The first-order valence-corrected chi connectivity index (χ1v) is 10.4. The molecule has 0 bridgehead atoms. The molecule has 1 aromatic heterocycles. The van der Waals surface area contributed by atoms with Crippen LogP contribution in [0.4, 0.5) is 4.39 Å². The number of rotatable bonds is 7. The van der Waals surface area contributed by atoms with E-state index in [1.807, 2.05) is 0 Å². The van der Waals surface area contributed by atoms with E-state index in [0.29, 0.717) is 11.3 Å². The average molecular weight is 424 g/mol. The summed E-state index contributed by atoms with van der Waals surface area (Å²) in [4.78, 5) is 25.0. The maximum Gasteiger partial charge on any atom is 0.354 e. The molecule has 0 aliphatic rings. The molecule has 0 aliphatic heterocycles. The Hall–Kier alpha value is -2.52. The van der Waals surface area contributed by atoms with E-state index in [0.717, 1.165) is 16.4 Å². The number of carbonyl (C=O) groups excluding carboxylic acids is 2. The summed E-state index contributed by atoms with van der Waals surface area (Å²) in [6.07, 6.45) is 0. The summed E-state index contributed by atoms with van der Waals surface area (Å²) < 4.78 is 46.6. The van der Waals surface area contributed by atoms with E-state index in [2.05, 4.69) is 0 Å². The van der Waals surface area contributed by atoms with E-state index in [4.69, 9.17) is 4.74 Å². The number of carbonyl (C=O) groups is 2. The third kappa shape index (κ3) is 4.25. The highest BCUT2D eigenvalue weighted by molar-refractivity contribution is 7.89. The van der Waals surface area contributed by atoms with Gasteiger partial charge in [-0.15, -0.1) is 0 Å². The van der Waals surface area contributed by atoms with Gasteiger partial charge in [0.05, 0.1) is 18.6 Å². The van der Waals surface area contributed by atoms with Crippen molar-refractivity contribution in [3.63, 3.8) is 0 Å². The molecule has 0 saturated heterocycles. The van der Waals surface area contributed by atoms with Gasteiger partial charge >= 0.3 is 5.97 Å². The maximum atomic E-state index is 13.2. The van der Waals surface area contributed by atoms with E-state index in [1.165, 1.54) is 19.2 Å². The molecule has 158 valence electrons. The van der Waals surface area contributed by atoms with Crippen molar-refractivity contribution in [3.05, 3.63) is 52.6 Å². The first kappa shape index (κ1) is 22.8. The Morgan fingerprint density at radius 3 is 2.21 bits per heavy atom. The van der Waals surface area contributed by atoms with Crippen molar-refractivity contribution in [2.45, 2.75) is 38.6 Å². The molecule has 0 amide bonds. The summed E-state index contributed by atoms with van der Waals surface area (Å²) in [6.45, 7) is 6.20. The molecule has 0 N–H and O–H groups in total. The van der Waals surface area contributed by atoms with Crippen LogP contribution in [0.3, 0.4) is 0 Å². The van der Waals surface area contributed by atoms with Crippen LogP contribution in [-0.2, 0) is 21.8 Å². The van der Waals surface area contributed by atoms with Gasteiger partial charge in [0.1, 0.15) is 11.5 Å². The van der Waals surface area contributed by atoms with Gasteiger partial charge in [-0.2, -0.15) is 4.31 Å². The number of nitrogens with zero attached hydrogens (tertiary/aromatic N) is 2. The van der Waals surface area contributed by atoms with Crippen LogP contribution in [0.5, 0.6) is 0 Å². The number of ether oxygens (including phenoxy) is 1. The molecular formula is C20H25FN2O5S. The standard InChI is InChI=1S/C20H25FN2O5S/c1-12(2)23(29(26,27)16-9-7-15(21)8-10-16)11-17(24)18-13(3)19(20(25)28-6)22(5)14(18)4/h7-10,12H,11H2,1-6H3. The average Bonchev–Trinajstić information content (AvgIpc) is 2.87. The van der Waals surface area contributed by atoms with E-state index in [9.17, 15) is 22.4 Å². The summed E-state index contributed by atoms with van der Waals surface area (Å²) in [5, 5.41) is 0. The Bertz CT molecular complexity index is 1040. The lowest BCUT2D eigenvalue weighted by molar-refractivity contribution is 0.0588. The van der Waals surface area contributed by atoms with Crippen molar-refractivity contribution >= 4 is 21.8 Å². The molecule has 0 radical (unpaired) electrons. The van der Waals surface area contributed by atoms with Crippen LogP contribution in [0.15, 0.2) is 29.2 Å². The van der Waals surface area contributed by atoms with Crippen molar-refractivity contribution in [1.29, 1.82) is 0 Å². The summed E-state index contributed by atoms with van der Waals surface area (Å²) in [5.41, 5.74) is 1.50. The summed E-state index contributed by atoms with van der Waals surface area (Å²) in [6, 6.07) is 3.93. The number of Topliss-reactive ketones (excluding diaryl/α,β-unsaturated/α-hetero) is 1. The highest BCUT2D eigenvalue weighted by Gasteiger charge is 2.32. The molecule has 0 saturated carbocycles. The molecule has 2 aromatic rings. The Labute approximate surface area is 170 Å². The Balaban J connectivity index is 2.46. The van der Waals surface area contributed by atoms with Gasteiger partial charge in [-0.25, -0.2) is 17.6 Å². The largest absolute Gasteiger partial charge is 0.464 e. The van der Waals surface area contributed by atoms with Gasteiger partial charge < -0.3 is 9.30 Å². The molecule has 0 unspecified atom stereocenters. The Morgan fingerprint density at radius 1 is 1.17 bits per heavy atom. The van der Waals surface area contributed by atoms with Crippen LogP contribution in [0.2, 0.25) is 0 Å². The van der Waals surface area contributed by atoms with Crippen molar-refractivity contribution in [2.24, 2.45) is 7.05 Å². The lowest BCUT2D eigenvalue weighted by atomic mass is 10.1. The van der Waals surface area contributed by atoms with Gasteiger partial charge in [0, 0.05) is 24.3 Å². The summed E-state index contributed by atoms with van der Waals surface area (Å²) in [5.74, 6) is -1.57. The van der Waals surface area contributed by atoms with Gasteiger partial charge in [0.25, 0.3) is 0 Å². The summed E-state index contributed by atoms with van der Waals surface area (Å²) in [7, 11) is -1.13. The second kappa shape index (κ2) is 8.46. The molecule has 0 aliphatic carbocycles. The molecule has 0 atom stereocenters. The van der Waals surface area contributed by atoms with E-state index >= 15 is 0 Å². The van der Waals surface area contributed by atoms with E-state index < -0.39 is 40.2 Å². The number of halogens is 1. The highest BCUT2D eigenvalue weighted by Crippen LogP contribution is 2.25. The van der Waals surface area contributed by atoms with Crippen molar-refractivity contribution in [1.82, 2.24) is 8.87 Å². The summed E-state index contributed by atoms with van der Waals surface area (Å²) >= 11 is 0. The molecular weight excluding hydrogens is 399 g/mol. The third-order valence-electron chi connectivity index (χ3n) is 4.88. The first-order valence-electron chi connectivity index (χ1n) is 8.98. The molecule has 0 fully saturated rings. The first-order chi connectivity index (χ1) is 13.4. The zero-order valence-corrected chi connectivity index (χ0v) is 18.1. The second-order valence-electron chi connectivity index (χ2n) is 7.01. The van der Waals surface area contributed by atoms with Gasteiger partial charge in [-0.1, -0.05) is 0 Å². The lowest BCUT2D eigenvalue weighted by Crippen LogP contribution is -2.40. The van der Waals surface area contributed by atoms with Crippen LogP contribution in [0, 0.1) is 19.7 Å². The lowest BCUT2D eigenvalue weighted by Gasteiger charge is -2.25. The normalized spacial score (nSPS) is 11.9. The predicted molar refractivity (Wildman–Crippen MR) is 106 cm³/mol. The van der Waals surface area contributed by atoms with Gasteiger partial charge in [0.2, 0.25) is 10.0 Å². The van der Waals surface area contributed by atoms with Crippen LogP contribution in [-0.4, -0.2) is 48.7 Å². The number of hydrogen-bond acceptors (Lipinski definition) is 5. The van der Waals surface area contributed by atoms with E-state index in [1.54, 1.807) is 39.3 Å². The van der Waals surface area contributed by atoms with Gasteiger partial charge in [-0.05, 0) is 57.5 Å². The van der Waals surface area contributed by atoms with Crippen LogP contribution < -0.4 is 0 Å². The van der Waals surface area contributed by atoms with Crippen LogP contribution in [0.1, 0.15) is 46.0 Å². The number of aromatic nitrogens is 1. The molecule has 7 nitrogen and oxygen atoms in total. The number of ketones is 1. The van der Waals surface area contributed by atoms with Crippen LogP contribution in [0.25, 0.3) is 0 Å². The Kier molecular flexibility index (Phi) is 6.64. The molecule has 1 aromatic carbocycles. The maximum absolute atomic E-state index is 13.2. The fraction of sp³-hybridized carbons (Fsp3) is 0.400. The monoisotopic (exact) mass is 424 g/mol. The zero-order valence-electron chi connectivity index (χ0n) is 17.3. The molecule has 0 spiro atoms. The van der Waals surface area contributed by atoms with Gasteiger partial charge in [-0.3, -0.25) is 4.79 Å². The van der Waals surface area contributed by atoms with E-state index in [-0.39, 0.29) is 16.2 Å². The predicted octanol–water partition coefficient (Wildman–Crippen LogP) is 2.85. The fourth-order valence-electron chi connectivity index (χ4n) is 3.28. The zero-order chi connectivity index (χ0) is 22.1. The fourth-order valence-corrected chi connectivity index (χ4v) is 4.88. The number of benzene rings is 1. The number of esters is 1. The van der Waals surface area contributed by atoms with Crippen molar-refractivity contribution in [3.8, 4) is 0 Å². The van der Waals surface area contributed by atoms with Crippen molar-refractivity contribution in [2.75, 3.05) is 13.7 Å². The van der Waals surface area contributed by atoms with Crippen LogP contribution >= 0.6 is 0 Å². The van der Waals surface area contributed by atoms with Crippen molar-refractivity contribution < 1.29 is 27.1 Å². The molecule has 9 heteroatoms. The molecule has 29 heavy (non-hydrogen) atoms. The highest BCUT2D eigenvalue weighted by atomic mass is 32.2. The number of hydrogen-bond donors (Lipinski definition) is 0.